The Morgan fingerprint density at radius 3 is 2.45 bits per heavy atom. The smallest absolute Gasteiger partial charge is 0.165 e. The number of ketones is 1. The van der Waals surface area contributed by atoms with Gasteiger partial charge in [0.15, 0.2) is 5.78 Å². The Labute approximate surface area is 172 Å². The third-order valence-electron chi connectivity index (χ3n) is 5.65. The van der Waals surface area contributed by atoms with Gasteiger partial charge >= 0.3 is 0 Å². The predicted molar refractivity (Wildman–Crippen MR) is 114 cm³/mol. The summed E-state index contributed by atoms with van der Waals surface area (Å²) in [6, 6.07) is 17.6. The highest BCUT2D eigenvalue weighted by atomic mass is 16.5. The summed E-state index contributed by atoms with van der Waals surface area (Å²) in [7, 11) is 3.74. The van der Waals surface area contributed by atoms with Crippen molar-refractivity contribution in [1.82, 2.24) is 20.7 Å². The highest BCUT2D eigenvalue weighted by molar-refractivity contribution is 5.96. The fourth-order valence-corrected chi connectivity index (χ4v) is 4.13. The third kappa shape index (κ3) is 4.43. The first-order chi connectivity index (χ1) is 14.2. The monoisotopic (exact) mass is 395 g/mol. The maximum atomic E-state index is 12.5. The normalized spacial score (nSPS) is 23.3. The number of hydrazine groups is 1. The van der Waals surface area contributed by atoms with Crippen LogP contribution in [0.25, 0.3) is 0 Å². The zero-order valence-electron chi connectivity index (χ0n) is 17.0. The van der Waals surface area contributed by atoms with Gasteiger partial charge in [0.05, 0.1) is 19.0 Å². The van der Waals surface area contributed by atoms with Gasteiger partial charge in [-0.15, -0.1) is 0 Å². The molecule has 0 aliphatic carbocycles. The SMILES string of the molecule is COc1ccccc1N1CCN(C2NC(CC(=O)c3ccccc3)NN2C)CC1. The number of para-hydroxylation sites is 2. The summed E-state index contributed by atoms with van der Waals surface area (Å²) in [6.45, 7) is 3.72. The van der Waals surface area contributed by atoms with E-state index < -0.39 is 0 Å². The number of Topliss-reactive ketones (excluding diaryl/α,β-unsaturated/α-hetero) is 1. The van der Waals surface area contributed by atoms with E-state index in [9.17, 15) is 4.79 Å². The standard InChI is InChI=1S/C22H29N5O2/c1-25-22(23-21(24-25)16-19(28)17-8-4-3-5-9-17)27-14-12-26(13-15-27)18-10-6-7-11-20(18)29-2/h3-11,21-24H,12-16H2,1-2H3. The van der Waals surface area contributed by atoms with Crippen LogP contribution in [-0.2, 0) is 0 Å². The first-order valence-electron chi connectivity index (χ1n) is 10.1. The van der Waals surface area contributed by atoms with Crippen LogP contribution in [-0.4, -0.2) is 68.5 Å². The first-order valence-corrected chi connectivity index (χ1v) is 10.1. The number of nitrogens with one attached hydrogen (secondary N) is 2. The highest BCUT2D eigenvalue weighted by Crippen LogP contribution is 2.28. The van der Waals surface area contributed by atoms with E-state index in [0.29, 0.717) is 6.42 Å². The Kier molecular flexibility index (Phi) is 6.10. The molecule has 0 spiro atoms. The summed E-state index contributed by atoms with van der Waals surface area (Å²) in [5.41, 5.74) is 5.29. The van der Waals surface area contributed by atoms with Gasteiger partial charge in [0.1, 0.15) is 12.0 Å². The molecule has 0 saturated carbocycles. The Balaban J connectivity index is 1.32. The Morgan fingerprint density at radius 1 is 1.03 bits per heavy atom. The van der Waals surface area contributed by atoms with Crippen molar-refractivity contribution in [2.45, 2.75) is 18.9 Å². The van der Waals surface area contributed by atoms with Gasteiger partial charge in [0.25, 0.3) is 0 Å². The minimum atomic E-state index is -0.0649. The van der Waals surface area contributed by atoms with E-state index in [4.69, 9.17) is 4.74 Å². The van der Waals surface area contributed by atoms with Crippen molar-refractivity contribution >= 4 is 11.5 Å². The van der Waals surface area contributed by atoms with Gasteiger partial charge < -0.3 is 9.64 Å². The lowest BCUT2D eigenvalue weighted by atomic mass is 10.1. The van der Waals surface area contributed by atoms with E-state index in [0.717, 1.165) is 43.2 Å². The summed E-state index contributed by atoms with van der Waals surface area (Å²) in [6.07, 6.45) is 0.430. The van der Waals surface area contributed by atoms with Crippen LogP contribution in [0.2, 0.25) is 0 Å². The number of ether oxygens (including phenoxy) is 1. The molecule has 2 aromatic carbocycles. The molecule has 7 heteroatoms. The molecule has 29 heavy (non-hydrogen) atoms. The van der Waals surface area contributed by atoms with Gasteiger partial charge in [-0.05, 0) is 12.1 Å². The van der Waals surface area contributed by atoms with Gasteiger partial charge in [0.2, 0.25) is 0 Å². The van der Waals surface area contributed by atoms with Crippen molar-refractivity contribution in [3.63, 3.8) is 0 Å². The molecule has 2 aliphatic rings. The average molecular weight is 396 g/mol. The number of benzene rings is 2. The average Bonchev–Trinajstić information content (AvgIpc) is 3.14. The van der Waals surface area contributed by atoms with Crippen LogP contribution in [0.4, 0.5) is 5.69 Å². The van der Waals surface area contributed by atoms with Gasteiger partial charge in [-0.3, -0.25) is 15.0 Å². The van der Waals surface area contributed by atoms with E-state index in [1.165, 1.54) is 0 Å². The lowest BCUT2D eigenvalue weighted by Gasteiger charge is -2.40. The van der Waals surface area contributed by atoms with Gasteiger partial charge in [-0.1, -0.05) is 42.5 Å². The number of methoxy groups -OCH3 is 1. The van der Waals surface area contributed by atoms with Crippen LogP contribution < -0.4 is 20.4 Å². The molecule has 0 bridgehead atoms. The van der Waals surface area contributed by atoms with Crippen molar-refractivity contribution in [2.75, 3.05) is 45.2 Å². The number of piperazine rings is 1. The summed E-state index contributed by atoms with van der Waals surface area (Å²) in [4.78, 5) is 17.3. The quantitative estimate of drug-likeness (QED) is 0.723. The van der Waals surface area contributed by atoms with Gasteiger partial charge in [-0.25, -0.2) is 10.4 Å². The Hall–Kier alpha value is -2.45. The molecule has 7 nitrogen and oxygen atoms in total. The molecule has 2 heterocycles. The van der Waals surface area contributed by atoms with E-state index in [1.807, 2.05) is 49.5 Å². The van der Waals surface area contributed by atoms with Crippen molar-refractivity contribution < 1.29 is 9.53 Å². The number of nitrogens with zero attached hydrogens (tertiary/aromatic N) is 3. The van der Waals surface area contributed by atoms with Gasteiger partial charge in [0, 0.05) is 45.2 Å². The molecule has 2 N–H and O–H groups in total. The number of carbonyl (C=O) groups is 1. The van der Waals surface area contributed by atoms with E-state index in [-0.39, 0.29) is 18.2 Å². The number of hydrogen-bond donors (Lipinski definition) is 2. The first kappa shape index (κ1) is 19.8. The summed E-state index contributed by atoms with van der Waals surface area (Å²) >= 11 is 0. The second-order valence-electron chi connectivity index (χ2n) is 7.52. The molecule has 2 aliphatic heterocycles. The van der Waals surface area contributed by atoms with Crippen molar-refractivity contribution in [3.05, 3.63) is 60.2 Å². The summed E-state index contributed by atoms with van der Waals surface area (Å²) < 4.78 is 5.51. The van der Waals surface area contributed by atoms with Crippen molar-refractivity contribution in [3.8, 4) is 5.75 Å². The highest BCUT2D eigenvalue weighted by Gasteiger charge is 2.35. The van der Waals surface area contributed by atoms with Crippen LogP contribution >= 0.6 is 0 Å². The number of rotatable bonds is 6. The molecular formula is C22H29N5O2. The van der Waals surface area contributed by atoms with Crippen molar-refractivity contribution in [1.29, 1.82) is 0 Å². The minimum absolute atomic E-state index is 0.0649. The van der Waals surface area contributed by atoms with Crippen LogP contribution in [0.5, 0.6) is 5.75 Å². The zero-order chi connectivity index (χ0) is 20.2. The Morgan fingerprint density at radius 2 is 1.72 bits per heavy atom. The molecule has 0 radical (unpaired) electrons. The zero-order valence-corrected chi connectivity index (χ0v) is 17.0. The van der Waals surface area contributed by atoms with Crippen LogP contribution in [0.3, 0.4) is 0 Å². The summed E-state index contributed by atoms with van der Waals surface area (Å²) in [5.74, 6) is 1.06. The fourth-order valence-electron chi connectivity index (χ4n) is 4.13. The predicted octanol–water partition coefficient (Wildman–Crippen LogP) is 1.74. The number of anilines is 1. The summed E-state index contributed by atoms with van der Waals surface area (Å²) in [5, 5.41) is 5.64. The molecule has 0 aromatic heterocycles. The number of carbonyl (C=O) groups excluding carboxylic acids is 1. The maximum absolute atomic E-state index is 12.5. The molecule has 0 amide bonds. The lowest BCUT2D eigenvalue weighted by molar-refractivity contribution is 0.0522. The molecule has 2 atom stereocenters. The topological polar surface area (TPSA) is 60.1 Å². The molecule has 2 aromatic rings. The molecule has 2 saturated heterocycles. The fraction of sp³-hybridized carbons (Fsp3) is 0.409. The second-order valence-corrected chi connectivity index (χ2v) is 7.52. The van der Waals surface area contributed by atoms with Crippen LogP contribution in [0.15, 0.2) is 54.6 Å². The molecule has 2 fully saturated rings. The van der Waals surface area contributed by atoms with E-state index >= 15 is 0 Å². The number of hydrogen-bond acceptors (Lipinski definition) is 7. The van der Waals surface area contributed by atoms with E-state index in [2.05, 4.69) is 37.7 Å². The third-order valence-corrected chi connectivity index (χ3v) is 5.65. The minimum Gasteiger partial charge on any atom is -0.495 e. The van der Waals surface area contributed by atoms with Crippen LogP contribution in [0, 0.1) is 0 Å². The van der Waals surface area contributed by atoms with Crippen LogP contribution in [0.1, 0.15) is 16.8 Å². The molecular weight excluding hydrogens is 366 g/mol. The molecule has 4 rings (SSSR count). The molecule has 2 unspecified atom stereocenters. The molecule has 154 valence electrons. The lowest BCUT2D eigenvalue weighted by Crippen LogP contribution is -2.57. The largest absolute Gasteiger partial charge is 0.495 e. The Bertz CT molecular complexity index is 823. The van der Waals surface area contributed by atoms with E-state index in [1.54, 1.807) is 7.11 Å². The second kappa shape index (κ2) is 8.92. The van der Waals surface area contributed by atoms with Gasteiger partial charge in [-0.2, -0.15) is 0 Å². The maximum Gasteiger partial charge on any atom is 0.165 e. The van der Waals surface area contributed by atoms with Crippen molar-refractivity contribution in [2.24, 2.45) is 0 Å².